The molecule has 3 atom stereocenters. The smallest absolute Gasteiger partial charge is 0.125 e. The highest BCUT2D eigenvalue weighted by molar-refractivity contribution is 5.13. The first-order valence-corrected chi connectivity index (χ1v) is 7.44. The summed E-state index contributed by atoms with van der Waals surface area (Å²) in [5.41, 5.74) is 2.00. The number of nitrogens with zero attached hydrogens (tertiary/aromatic N) is 2. The van der Waals surface area contributed by atoms with Crippen LogP contribution in [0.3, 0.4) is 0 Å². The molecular weight excluding hydrogens is 234 g/mol. The summed E-state index contributed by atoms with van der Waals surface area (Å²) in [7, 11) is 0. The third-order valence-electron chi connectivity index (χ3n) is 5.59. The number of hydrogen-bond donors (Lipinski definition) is 1. The molecular formula is C16H25N3. The van der Waals surface area contributed by atoms with Crippen molar-refractivity contribution < 1.29 is 0 Å². The fraction of sp³-hybridized carbons (Fsp3) is 0.750. The average molecular weight is 259 g/mol. The highest BCUT2D eigenvalue weighted by atomic mass is 15.0. The monoisotopic (exact) mass is 259 g/mol. The zero-order valence-corrected chi connectivity index (χ0v) is 12.5. The molecule has 0 spiro atoms. The number of aryl methyl sites for hydroxylation is 1. The summed E-state index contributed by atoms with van der Waals surface area (Å²) in [5.74, 6) is 1.75. The van der Waals surface area contributed by atoms with Gasteiger partial charge in [0.05, 0.1) is 5.69 Å². The molecule has 104 valence electrons. The molecule has 2 aliphatic rings. The van der Waals surface area contributed by atoms with E-state index in [1.165, 1.54) is 19.3 Å². The third kappa shape index (κ3) is 2.08. The highest BCUT2D eigenvalue weighted by Crippen LogP contribution is 2.62. The molecule has 0 amide bonds. The number of fused-ring (bicyclic) bond motifs is 2. The second kappa shape index (κ2) is 4.27. The lowest BCUT2D eigenvalue weighted by atomic mass is 9.68. The summed E-state index contributed by atoms with van der Waals surface area (Å²) in [6.07, 6.45) is 6.03. The first kappa shape index (κ1) is 13.0. The van der Waals surface area contributed by atoms with E-state index in [4.69, 9.17) is 0 Å². The van der Waals surface area contributed by atoms with Crippen molar-refractivity contribution in [3.63, 3.8) is 0 Å². The molecule has 3 unspecified atom stereocenters. The van der Waals surface area contributed by atoms with Gasteiger partial charge in [-0.25, -0.2) is 9.97 Å². The van der Waals surface area contributed by atoms with Crippen LogP contribution in [-0.2, 0) is 6.54 Å². The molecule has 1 aromatic rings. The third-order valence-corrected chi connectivity index (χ3v) is 5.59. The summed E-state index contributed by atoms with van der Waals surface area (Å²) in [4.78, 5) is 8.65. The van der Waals surface area contributed by atoms with Crippen LogP contribution in [-0.4, -0.2) is 16.0 Å². The van der Waals surface area contributed by atoms with Crippen LogP contribution in [0, 0.1) is 23.7 Å². The van der Waals surface area contributed by atoms with E-state index in [1.54, 1.807) is 0 Å². The molecule has 1 N–H and O–H groups in total. The minimum Gasteiger partial charge on any atom is -0.307 e. The van der Waals surface area contributed by atoms with Gasteiger partial charge in [-0.15, -0.1) is 0 Å². The van der Waals surface area contributed by atoms with Crippen LogP contribution in [0.5, 0.6) is 0 Å². The van der Waals surface area contributed by atoms with Gasteiger partial charge in [0.15, 0.2) is 0 Å². The molecule has 2 bridgehead atoms. The first-order valence-electron chi connectivity index (χ1n) is 7.44. The molecule has 3 heteroatoms. The number of rotatable bonds is 3. The van der Waals surface area contributed by atoms with Gasteiger partial charge in [0.25, 0.3) is 0 Å². The van der Waals surface area contributed by atoms with Crippen molar-refractivity contribution in [1.82, 2.24) is 15.3 Å². The molecule has 2 fully saturated rings. The SMILES string of the molecule is Cc1nccc(CNC2C3(C)CCC(C3)C2(C)C)n1. The Morgan fingerprint density at radius 2 is 2.16 bits per heavy atom. The van der Waals surface area contributed by atoms with Gasteiger partial charge in [-0.1, -0.05) is 20.8 Å². The lowest BCUT2D eigenvalue weighted by molar-refractivity contribution is 0.107. The van der Waals surface area contributed by atoms with E-state index in [-0.39, 0.29) is 0 Å². The minimum atomic E-state index is 0.412. The number of hydrogen-bond acceptors (Lipinski definition) is 3. The van der Waals surface area contributed by atoms with Gasteiger partial charge in [-0.05, 0) is 49.0 Å². The van der Waals surface area contributed by atoms with E-state index in [2.05, 4.69) is 36.1 Å². The Kier molecular flexibility index (Phi) is 2.93. The molecule has 0 radical (unpaired) electrons. The standard InChI is InChI=1S/C16H25N3/c1-11-17-8-6-13(19-11)10-18-14-15(2,3)12-5-7-16(14,4)9-12/h6,8,12,14,18H,5,7,9-10H2,1-4H3. The molecule has 0 aliphatic heterocycles. The van der Waals surface area contributed by atoms with Crippen molar-refractivity contribution >= 4 is 0 Å². The Bertz CT molecular complexity index is 478. The summed E-state index contributed by atoms with van der Waals surface area (Å²) >= 11 is 0. The maximum atomic E-state index is 4.49. The first-order chi connectivity index (χ1) is 8.92. The molecule has 2 aliphatic carbocycles. The van der Waals surface area contributed by atoms with Crippen LogP contribution in [0.25, 0.3) is 0 Å². The summed E-state index contributed by atoms with van der Waals surface area (Å²) in [6, 6.07) is 2.62. The Hall–Kier alpha value is -0.960. The van der Waals surface area contributed by atoms with Gasteiger partial charge in [0.2, 0.25) is 0 Å². The van der Waals surface area contributed by atoms with Crippen LogP contribution in [0.2, 0.25) is 0 Å². The molecule has 1 heterocycles. The lowest BCUT2D eigenvalue weighted by Gasteiger charge is -2.43. The second-order valence-electron chi connectivity index (χ2n) is 7.32. The van der Waals surface area contributed by atoms with Gasteiger partial charge in [0, 0.05) is 18.8 Å². The molecule has 1 aromatic heterocycles. The van der Waals surface area contributed by atoms with Gasteiger partial charge >= 0.3 is 0 Å². The quantitative estimate of drug-likeness (QED) is 0.906. The van der Waals surface area contributed by atoms with Crippen LogP contribution in [0.4, 0.5) is 0 Å². The fourth-order valence-corrected chi connectivity index (χ4v) is 4.62. The predicted molar refractivity (Wildman–Crippen MR) is 76.6 cm³/mol. The van der Waals surface area contributed by atoms with Crippen molar-refractivity contribution in [3.8, 4) is 0 Å². The van der Waals surface area contributed by atoms with Crippen molar-refractivity contribution in [2.24, 2.45) is 16.7 Å². The zero-order valence-electron chi connectivity index (χ0n) is 12.5. The van der Waals surface area contributed by atoms with E-state index in [0.29, 0.717) is 16.9 Å². The highest BCUT2D eigenvalue weighted by Gasteiger charge is 2.58. The van der Waals surface area contributed by atoms with Crippen LogP contribution >= 0.6 is 0 Å². The normalized spacial score (nSPS) is 35.8. The molecule has 19 heavy (non-hydrogen) atoms. The van der Waals surface area contributed by atoms with Crippen LogP contribution in [0.1, 0.15) is 51.6 Å². The van der Waals surface area contributed by atoms with Crippen molar-refractivity contribution in [2.75, 3.05) is 0 Å². The molecule has 2 saturated carbocycles. The zero-order chi connectivity index (χ0) is 13.7. The Balaban J connectivity index is 1.73. The maximum Gasteiger partial charge on any atom is 0.125 e. The van der Waals surface area contributed by atoms with E-state index in [9.17, 15) is 0 Å². The van der Waals surface area contributed by atoms with Gasteiger partial charge in [-0.2, -0.15) is 0 Å². The topological polar surface area (TPSA) is 37.8 Å². The van der Waals surface area contributed by atoms with E-state index in [1.807, 2.05) is 19.2 Å². The van der Waals surface area contributed by atoms with E-state index < -0.39 is 0 Å². The van der Waals surface area contributed by atoms with Crippen LogP contribution in [0.15, 0.2) is 12.3 Å². The van der Waals surface area contributed by atoms with Gasteiger partial charge < -0.3 is 5.32 Å². The van der Waals surface area contributed by atoms with Gasteiger partial charge in [0.1, 0.15) is 5.82 Å². The summed E-state index contributed by atoms with van der Waals surface area (Å²) in [5, 5.41) is 3.80. The molecule has 3 rings (SSSR count). The predicted octanol–water partition coefficient (Wildman–Crippen LogP) is 3.09. The molecule has 0 aromatic carbocycles. The molecule has 0 saturated heterocycles. The summed E-state index contributed by atoms with van der Waals surface area (Å²) < 4.78 is 0. The Morgan fingerprint density at radius 1 is 1.37 bits per heavy atom. The lowest BCUT2D eigenvalue weighted by Crippen LogP contribution is -2.50. The number of nitrogens with one attached hydrogen (secondary N) is 1. The average Bonchev–Trinajstić information content (AvgIpc) is 2.80. The Morgan fingerprint density at radius 3 is 2.79 bits per heavy atom. The minimum absolute atomic E-state index is 0.412. The largest absolute Gasteiger partial charge is 0.307 e. The van der Waals surface area contributed by atoms with E-state index in [0.717, 1.165) is 24.0 Å². The number of aromatic nitrogens is 2. The maximum absolute atomic E-state index is 4.49. The van der Waals surface area contributed by atoms with Crippen molar-refractivity contribution in [2.45, 2.75) is 59.5 Å². The van der Waals surface area contributed by atoms with Crippen molar-refractivity contribution in [1.29, 1.82) is 0 Å². The van der Waals surface area contributed by atoms with Crippen LogP contribution < -0.4 is 5.32 Å². The van der Waals surface area contributed by atoms with Gasteiger partial charge in [-0.3, -0.25) is 0 Å². The van der Waals surface area contributed by atoms with Crippen molar-refractivity contribution in [3.05, 3.63) is 23.8 Å². The fourth-order valence-electron chi connectivity index (χ4n) is 4.62. The second-order valence-corrected chi connectivity index (χ2v) is 7.32. The summed E-state index contributed by atoms with van der Waals surface area (Å²) in [6.45, 7) is 10.1. The molecule has 3 nitrogen and oxygen atoms in total. The Labute approximate surface area is 116 Å². The van der Waals surface area contributed by atoms with E-state index >= 15 is 0 Å².